The first kappa shape index (κ1) is 22.1. The van der Waals surface area contributed by atoms with Crippen LogP contribution in [0.4, 0.5) is 0 Å². The first-order valence-corrected chi connectivity index (χ1v) is 12.7. The van der Waals surface area contributed by atoms with Crippen molar-refractivity contribution in [3.05, 3.63) is 18.0 Å². The van der Waals surface area contributed by atoms with Crippen molar-refractivity contribution in [1.82, 2.24) is 9.78 Å². The summed E-state index contributed by atoms with van der Waals surface area (Å²) in [6, 6.07) is 2.11. The number of carbonyl (C=O) groups is 1. The largest absolute Gasteiger partial charge is 0.381 e. The van der Waals surface area contributed by atoms with E-state index in [-0.39, 0.29) is 11.3 Å². The van der Waals surface area contributed by atoms with Crippen molar-refractivity contribution >= 4 is 5.78 Å². The van der Waals surface area contributed by atoms with Gasteiger partial charge >= 0.3 is 0 Å². The second kappa shape index (κ2) is 7.97. The molecular weight excluding hydrogens is 398 g/mol. The minimum absolute atomic E-state index is 0.118. The molecule has 8 atom stereocenters. The monoisotopic (exact) mass is 437 g/mol. The summed E-state index contributed by atoms with van der Waals surface area (Å²) in [4.78, 5) is 13.4. The fourth-order valence-electron chi connectivity index (χ4n) is 9.00. The number of Topliss-reactive ketones (excluding diaryl/α,β-unsaturated/α-hetero) is 1. The maximum atomic E-state index is 13.4. The number of ketones is 1. The number of hydrogen-bond acceptors (Lipinski definition) is 4. The van der Waals surface area contributed by atoms with E-state index in [9.17, 15) is 4.79 Å². The number of carbonyl (C=O) groups excluding carboxylic acids is 1. The Hall–Kier alpha value is -1.67. The average Bonchev–Trinajstić information content (AvgIpc) is 3.35. The van der Waals surface area contributed by atoms with Crippen LogP contribution < -0.4 is 0 Å². The van der Waals surface area contributed by atoms with Crippen LogP contribution in [-0.4, -0.2) is 28.8 Å². The first-order valence-electron chi connectivity index (χ1n) is 12.7. The van der Waals surface area contributed by atoms with Gasteiger partial charge in [0, 0.05) is 19.2 Å². The molecule has 0 bridgehead atoms. The topological polar surface area (TPSA) is 67.9 Å². The third-order valence-electron chi connectivity index (χ3n) is 10.2. The zero-order chi connectivity index (χ0) is 22.7. The number of fused-ring (bicyclic) bond motifs is 5. The second-order valence-corrected chi connectivity index (χ2v) is 12.4. The van der Waals surface area contributed by atoms with Gasteiger partial charge in [-0.1, -0.05) is 20.8 Å². The summed E-state index contributed by atoms with van der Waals surface area (Å²) in [5.74, 6) is 4.14. The van der Waals surface area contributed by atoms with Crippen molar-refractivity contribution in [3.63, 3.8) is 0 Å². The molecule has 0 radical (unpaired) electrons. The van der Waals surface area contributed by atoms with Gasteiger partial charge in [-0.15, -0.1) is 0 Å². The summed E-state index contributed by atoms with van der Waals surface area (Å²) in [6.45, 7) is 7.56. The number of rotatable bonds is 4. The number of hydrogen-bond donors (Lipinski definition) is 0. The predicted molar refractivity (Wildman–Crippen MR) is 123 cm³/mol. The normalized spacial score (nSPS) is 42.4. The Morgan fingerprint density at radius 3 is 2.72 bits per heavy atom. The van der Waals surface area contributed by atoms with E-state index in [0.717, 1.165) is 24.2 Å². The summed E-state index contributed by atoms with van der Waals surface area (Å²) >= 11 is 0. The molecule has 4 saturated carbocycles. The Morgan fingerprint density at radius 1 is 1.19 bits per heavy atom. The van der Waals surface area contributed by atoms with Gasteiger partial charge in [0.05, 0.1) is 24.4 Å². The number of methoxy groups -OCH3 is 1. The molecule has 32 heavy (non-hydrogen) atoms. The van der Waals surface area contributed by atoms with Crippen LogP contribution in [-0.2, 0) is 16.1 Å². The van der Waals surface area contributed by atoms with Crippen molar-refractivity contribution in [2.45, 2.75) is 84.8 Å². The van der Waals surface area contributed by atoms with E-state index >= 15 is 0 Å². The highest BCUT2D eigenvalue weighted by molar-refractivity contribution is 5.82. The number of nitriles is 1. The van der Waals surface area contributed by atoms with Crippen molar-refractivity contribution < 1.29 is 9.53 Å². The van der Waals surface area contributed by atoms with Crippen LogP contribution in [0.5, 0.6) is 0 Å². The maximum absolute atomic E-state index is 13.4. The molecule has 1 heterocycles. The summed E-state index contributed by atoms with van der Waals surface area (Å²) in [7, 11) is 1.93. The Bertz CT molecular complexity index is 904. The fraction of sp³-hybridized carbons (Fsp3) is 0.815. The second-order valence-electron chi connectivity index (χ2n) is 12.4. The molecular formula is C27H39N3O2. The van der Waals surface area contributed by atoms with Gasteiger partial charge in [0.15, 0.2) is 5.78 Å². The van der Waals surface area contributed by atoms with E-state index in [0.29, 0.717) is 41.2 Å². The molecule has 0 aromatic carbocycles. The first-order chi connectivity index (χ1) is 15.3. The van der Waals surface area contributed by atoms with Crippen LogP contribution in [0.25, 0.3) is 0 Å². The third-order valence-corrected chi connectivity index (χ3v) is 10.2. The molecule has 4 aliphatic carbocycles. The van der Waals surface area contributed by atoms with E-state index < -0.39 is 0 Å². The molecule has 0 saturated heterocycles. The fourth-order valence-corrected chi connectivity index (χ4v) is 9.00. The summed E-state index contributed by atoms with van der Waals surface area (Å²) in [5.41, 5.74) is 1.03. The van der Waals surface area contributed by atoms with Crippen LogP contribution in [0.3, 0.4) is 0 Å². The van der Waals surface area contributed by atoms with Crippen molar-refractivity contribution in [3.8, 4) is 6.07 Å². The lowest BCUT2D eigenvalue weighted by atomic mass is 9.47. The van der Waals surface area contributed by atoms with Crippen molar-refractivity contribution in [2.24, 2.45) is 46.3 Å². The molecule has 1 aromatic heterocycles. The smallest absolute Gasteiger partial charge is 0.157 e. The Balaban J connectivity index is 1.33. The molecule has 0 N–H and O–H groups in total. The summed E-state index contributed by atoms with van der Waals surface area (Å²) in [5, 5.41) is 13.3. The molecule has 4 fully saturated rings. The van der Waals surface area contributed by atoms with Gasteiger partial charge < -0.3 is 4.74 Å². The SMILES string of the molecule is COC1CC(C)(C)C[C@H]2CC[C@@H]3[C@H](CC[C@]4(C)[C@@H](C(=O)Cn5cc(C#N)cn5)CC[C@@H]34)[C@@H]12. The summed E-state index contributed by atoms with van der Waals surface area (Å²) < 4.78 is 7.79. The molecule has 0 spiro atoms. The van der Waals surface area contributed by atoms with Crippen LogP contribution in [0.1, 0.15) is 77.7 Å². The molecule has 1 unspecified atom stereocenters. The lowest BCUT2D eigenvalue weighted by Crippen LogP contribution is -2.54. The zero-order valence-corrected chi connectivity index (χ0v) is 20.2. The van der Waals surface area contributed by atoms with E-state index in [2.05, 4.69) is 31.9 Å². The van der Waals surface area contributed by atoms with Gasteiger partial charge in [0.1, 0.15) is 6.07 Å². The molecule has 1 aromatic rings. The minimum Gasteiger partial charge on any atom is -0.381 e. The van der Waals surface area contributed by atoms with Gasteiger partial charge in [0.25, 0.3) is 0 Å². The van der Waals surface area contributed by atoms with Crippen LogP contribution in [0, 0.1) is 57.7 Å². The average molecular weight is 438 g/mol. The molecule has 0 amide bonds. The van der Waals surface area contributed by atoms with Gasteiger partial charge in [0.2, 0.25) is 0 Å². The molecule has 5 rings (SSSR count). The lowest BCUT2D eigenvalue weighted by molar-refractivity contribution is -0.143. The molecule has 0 aliphatic heterocycles. The highest BCUT2D eigenvalue weighted by Crippen LogP contribution is 2.65. The molecule has 174 valence electrons. The van der Waals surface area contributed by atoms with Crippen LogP contribution >= 0.6 is 0 Å². The van der Waals surface area contributed by atoms with Crippen LogP contribution in [0.15, 0.2) is 12.4 Å². The minimum atomic E-state index is 0.118. The van der Waals surface area contributed by atoms with E-state index in [4.69, 9.17) is 10.00 Å². The molecule has 5 nitrogen and oxygen atoms in total. The standard InChI is InChI=1S/C27H39N3O2/c1-26(2)11-18-5-6-19-20(25(18)24(12-26)32-4)9-10-27(3)21(19)7-8-22(27)23(31)16-30-15-17(13-28)14-29-30/h14-15,18-22,24-25H,5-12,16H2,1-4H3/t18-,19-,20+,21+,22-,24?,25+,27+/m1/s1. The number of aromatic nitrogens is 2. The summed E-state index contributed by atoms with van der Waals surface area (Å²) in [6.07, 6.45) is 13.5. The van der Waals surface area contributed by atoms with Gasteiger partial charge in [-0.05, 0) is 91.8 Å². The van der Waals surface area contributed by atoms with Gasteiger partial charge in [-0.3, -0.25) is 9.48 Å². The maximum Gasteiger partial charge on any atom is 0.157 e. The third kappa shape index (κ3) is 3.54. The molecule has 5 heteroatoms. The lowest BCUT2D eigenvalue weighted by Gasteiger charge is -2.58. The molecule has 4 aliphatic rings. The number of nitrogens with zero attached hydrogens (tertiary/aromatic N) is 3. The highest BCUT2D eigenvalue weighted by Gasteiger charge is 2.60. The van der Waals surface area contributed by atoms with Crippen molar-refractivity contribution in [1.29, 1.82) is 5.26 Å². The highest BCUT2D eigenvalue weighted by atomic mass is 16.5. The quantitative estimate of drug-likeness (QED) is 0.646. The Morgan fingerprint density at radius 2 is 2.00 bits per heavy atom. The van der Waals surface area contributed by atoms with E-state index in [1.54, 1.807) is 17.1 Å². The van der Waals surface area contributed by atoms with Crippen LogP contribution in [0.2, 0.25) is 0 Å². The Labute approximate surface area is 192 Å². The Kier molecular flexibility index (Phi) is 5.52. The van der Waals surface area contributed by atoms with Gasteiger partial charge in [-0.2, -0.15) is 10.4 Å². The predicted octanol–water partition coefficient (Wildman–Crippen LogP) is 5.24. The number of ether oxygens (including phenoxy) is 1. The zero-order valence-electron chi connectivity index (χ0n) is 20.2. The van der Waals surface area contributed by atoms with Gasteiger partial charge in [-0.25, -0.2) is 0 Å². The van der Waals surface area contributed by atoms with Crippen molar-refractivity contribution in [2.75, 3.05) is 7.11 Å². The van der Waals surface area contributed by atoms with E-state index in [1.807, 2.05) is 7.11 Å². The van der Waals surface area contributed by atoms with E-state index in [1.165, 1.54) is 44.9 Å².